The number of thiophene rings is 1. The van der Waals surface area contributed by atoms with E-state index in [1.165, 1.54) is 10.4 Å². The predicted molar refractivity (Wildman–Crippen MR) is 91.9 cm³/mol. The van der Waals surface area contributed by atoms with Crippen LogP contribution in [0, 0.1) is 6.92 Å². The molecular weight excluding hydrogens is 278 g/mol. The van der Waals surface area contributed by atoms with Gasteiger partial charge in [-0.25, -0.2) is 0 Å². The number of hydrogen-bond donors (Lipinski definition) is 2. The molecule has 0 fully saturated rings. The second kappa shape index (κ2) is 5.74. The van der Waals surface area contributed by atoms with Crippen LogP contribution in [0.25, 0.3) is 10.9 Å². The van der Waals surface area contributed by atoms with Gasteiger partial charge in [0, 0.05) is 33.9 Å². The molecule has 3 N–H and O–H groups in total. The molecule has 0 unspecified atom stereocenters. The summed E-state index contributed by atoms with van der Waals surface area (Å²) in [5.74, 6) is 0. The number of aromatic nitrogens is 1. The fourth-order valence-corrected chi connectivity index (χ4v) is 3.45. The van der Waals surface area contributed by atoms with Crippen molar-refractivity contribution in [2.45, 2.75) is 26.8 Å². The van der Waals surface area contributed by atoms with Crippen molar-refractivity contribution in [3.63, 3.8) is 0 Å². The third-order valence-electron chi connectivity index (χ3n) is 3.62. The Bertz CT molecular complexity index is 777. The van der Waals surface area contributed by atoms with Crippen molar-refractivity contribution in [2.24, 2.45) is 0 Å². The third-order valence-corrected chi connectivity index (χ3v) is 4.58. The van der Waals surface area contributed by atoms with Crippen LogP contribution in [0.15, 0.2) is 35.7 Å². The number of nitrogens with zero attached hydrogens (tertiary/aromatic N) is 1. The lowest BCUT2D eigenvalue weighted by Gasteiger charge is -2.11. The Balaban J connectivity index is 1.94. The van der Waals surface area contributed by atoms with Crippen LogP contribution >= 0.6 is 11.3 Å². The van der Waals surface area contributed by atoms with E-state index < -0.39 is 0 Å². The minimum atomic E-state index is 0.765. The van der Waals surface area contributed by atoms with Crippen LogP contribution < -0.4 is 11.1 Å². The number of nitrogen functional groups attached to an aromatic ring is 1. The van der Waals surface area contributed by atoms with Gasteiger partial charge in [0.1, 0.15) is 0 Å². The summed E-state index contributed by atoms with van der Waals surface area (Å²) in [7, 11) is 0. The van der Waals surface area contributed by atoms with Crippen molar-refractivity contribution < 1.29 is 0 Å². The summed E-state index contributed by atoms with van der Waals surface area (Å²) in [6.07, 6.45) is 1.07. The van der Waals surface area contributed by atoms with Crippen molar-refractivity contribution >= 4 is 33.6 Å². The quantitative estimate of drug-likeness (QED) is 0.703. The second-order valence-corrected chi connectivity index (χ2v) is 6.16. The average Bonchev–Trinajstić information content (AvgIpc) is 2.92. The maximum atomic E-state index is 5.91. The molecule has 21 heavy (non-hydrogen) atoms. The van der Waals surface area contributed by atoms with E-state index in [4.69, 9.17) is 5.73 Å². The number of aryl methyl sites for hydroxylation is 2. The first-order valence-electron chi connectivity index (χ1n) is 7.13. The first kappa shape index (κ1) is 13.9. The number of nitrogens with one attached hydrogen (secondary N) is 1. The van der Waals surface area contributed by atoms with E-state index in [0.29, 0.717) is 0 Å². The van der Waals surface area contributed by atoms with Gasteiger partial charge < -0.3 is 11.1 Å². The van der Waals surface area contributed by atoms with E-state index in [1.807, 2.05) is 25.1 Å². The molecule has 3 aromatic rings. The Kier molecular flexibility index (Phi) is 3.80. The van der Waals surface area contributed by atoms with Crippen LogP contribution in [0.5, 0.6) is 0 Å². The van der Waals surface area contributed by atoms with E-state index in [1.54, 1.807) is 11.3 Å². The Morgan fingerprint density at radius 1 is 1.24 bits per heavy atom. The van der Waals surface area contributed by atoms with E-state index in [2.05, 4.69) is 34.7 Å². The minimum Gasteiger partial charge on any atom is -0.399 e. The van der Waals surface area contributed by atoms with Gasteiger partial charge in [0.25, 0.3) is 0 Å². The number of fused-ring (bicyclic) bond motifs is 1. The number of hydrogen-bond acceptors (Lipinski definition) is 4. The van der Waals surface area contributed by atoms with Gasteiger partial charge in [-0.3, -0.25) is 4.98 Å². The predicted octanol–water partition coefficient (Wildman–Crippen LogP) is 4.36. The number of benzene rings is 1. The molecule has 0 radical (unpaired) electrons. The molecule has 0 aliphatic carbocycles. The highest BCUT2D eigenvalue weighted by Gasteiger charge is 2.07. The molecule has 0 spiro atoms. The van der Waals surface area contributed by atoms with Crippen LogP contribution in [-0.4, -0.2) is 4.98 Å². The van der Waals surface area contributed by atoms with Gasteiger partial charge in [-0.2, -0.15) is 0 Å². The fourth-order valence-electron chi connectivity index (χ4n) is 2.53. The molecule has 0 amide bonds. The maximum Gasteiger partial charge on any atom is 0.0727 e. The lowest BCUT2D eigenvalue weighted by molar-refractivity contribution is 1.08. The summed E-state index contributed by atoms with van der Waals surface area (Å²) in [5, 5.41) is 6.78. The van der Waals surface area contributed by atoms with Crippen molar-refractivity contribution in [3.05, 3.63) is 51.8 Å². The molecule has 0 atom stereocenters. The van der Waals surface area contributed by atoms with Gasteiger partial charge >= 0.3 is 0 Å². The topological polar surface area (TPSA) is 50.9 Å². The molecular formula is C17H19N3S. The summed E-state index contributed by atoms with van der Waals surface area (Å²) in [4.78, 5) is 5.96. The number of anilines is 2. The molecule has 0 saturated heterocycles. The average molecular weight is 297 g/mol. The van der Waals surface area contributed by atoms with Crippen molar-refractivity contribution in [3.8, 4) is 0 Å². The Morgan fingerprint density at radius 3 is 2.90 bits per heavy atom. The zero-order valence-electron chi connectivity index (χ0n) is 12.3. The summed E-state index contributed by atoms with van der Waals surface area (Å²) in [5.41, 5.74) is 11.2. The van der Waals surface area contributed by atoms with Crippen LogP contribution in [-0.2, 0) is 13.0 Å². The molecule has 3 nitrogen and oxygen atoms in total. The molecule has 2 aromatic heterocycles. The summed E-state index contributed by atoms with van der Waals surface area (Å²) in [6, 6.07) is 10.1. The van der Waals surface area contributed by atoms with Crippen LogP contribution in [0.3, 0.4) is 0 Å². The molecule has 2 heterocycles. The first-order chi connectivity index (χ1) is 10.2. The summed E-state index contributed by atoms with van der Waals surface area (Å²) < 4.78 is 0. The standard InChI is InChI=1S/C17H19N3S/c1-3-12-6-7-21-17(12)10-19-16-8-11(2)20-15-5-4-13(18)9-14(15)16/h4-9H,3,10,18H2,1-2H3,(H,19,20). The molecule has 0 aliphatic heterocycles. The second-order valence-electron chi connectivity index (χ2n) is 5.16. The van der Waals surface area contributed by atoms with Gasteiger partial charge in [-0.15, -0.1) is 11.3 Å². The van der Waals surface area contributed by atoms with Gasteiger partial charge in [-0.05, 0) is 54.6 Å². The molecule has 108 valence electrons. The highest BCUT2D eigenvalue weighted by Crippen LogP contribution is 2.27. The fraction of sp³-hybridized carbons (Fsp3) is 0.235. The van der Waals surface area contributed by atoms with Crippen LogP contribution in [0.4, 0.5) is 11.4 Å². The molecule has 0 aliphatic rings. The van der Waals surface area contributed by atoms with E-state index in [-0.39, 0.29) is 0 Å². The van der Waals surface area contributed by atoms with Gasteiger partial charge in [0.2, 0.25) is 0 Å². The SMILES string of the molecule is CCc1ccsc1CNc1cc(C)nc2ccc(N)cc12. The highest BCUT2D eigenvalue weighted by atomic mass is 32.1. The maximum absolute atomic E-state index is 5.91. The number of pyridine rings is 1. The Morgan fingerprint density at radius 2 is 2.10 bits per heavy atom. The summed E-state index contributed by atoms with van der Waals surface area (Å²) in [6.45, 7) is 5.05. The molecule has 0 saturated carbocycles. The zero-order chi connectivity index (χ0) is 14.8. The van der Waals surface area contributed by atoms with E-state index in [9.17, 15) is 0 Å². The van der Waals surface area contributed by atoms with Crippen LogP contribution in [0.1, 0.15) is 23.1 Å². The minimum absolute atomic E-state index is 0.765. The van der Waals surface area contributed by atoms with Gasteiger partial charge in [0.15, 0.2) is 0 Å². The monoisotopic (exact) mass is 297 g/mol. The lowest BCUT2D eigenvalue weighted by atomic mass is 10.1. The first-order valence-corrected chi connectivity index (χ1v) is 8.01. The zero-order valence-corrected chi connectivity index (χ0v) is 13.1. The highest BCUT2D eigenvalue weighted by molar-refractivity contribution is 7.10. The Hall–Kier alpha value is -2.07. The molecule has 1 aromatic carbocycles. The Labute approximate surface area is 128 Å². The molecule has 4 heteroatoms. The van der Waals surface area contributed by atoms with E-state index >= 15 is 0 Å². The number of rotatable bonds is 4. The van der Waals surface area contributed by atoms with Gasteiger partial charge in [-0.1, -0.05) is 6.92 Å². The number of nitrogens with two attached hydrogens (primary N) is 1. The normalized spacial score (nSPS) is 11.0. The van der Waals surface area contributed by atoms with Crippen LogP contribution in [0.2, 0.25) is 0 Å². The smallest absolute Gasteiger partial charge is 0.0727 e. The molecule has 0 bridgehead atoms. The van der Waals surface area contributed by atoms with Gasteiger partial charge in [0.05, 0.1) is 5.52 Å². The van der Waals surface area contributed by atoms with Crippen molar-refractivity contribution in [1.82, 2.24) is 4.98 Å². The largest absolute Gasteiger partial charge is 0.399 e. The van der Waals surface area contributed by atoms with E-state index in [0.717, 1.165) is 40.9 Å². The lowest BCUT2D eigenvalue weighted by Crippen LogP contribution is -2.02. The molecule has 3 rings (SSSR count). The van der Waals surface area contributed by atoms with Crippen molar-refractivity contribution in [1.29, 1.82) is 0 Å². The summed E-state index contributed by atoms with van der Waals surface area (Å²) >= 11 is 1.80. The third kappa shape index (κ3) is 2.85. The van der Waals surface area contributed by atoms with Crippen molar-refractivity contribution in [2.75, 3.05) is 11.1 Å².